The zero-order valence-corrected chi connectivity index (χ0v) is 27.6. The van der Waals surface area contributed by atoms with Crippen LogP contribution in [0.4, 0.5) is 5.69 Å². The zero-order chi connectivity index (χ0) is 31.5. The Morgan fingerprint density at radius 1 is 0.651 bits per heavy atom. The Morgan fingerprint density at radius 3 is 1.49 bits per heavy atom. The Morgan fingerprint density at radius 2 is 1.07 bits per heavy atom. The number of ether oxygens (including phenoxy) is 2. The molecule has 0 amide bonds. The predicted octanol–water partition coefficient (Wildman–Crippen LogP) is 8.85. The monoisotopic (exact) mass is 626 g/mol. The molecule has 0 saturated carbocycles. The van der Waals surface area contributed by atoms with Crippen LogP contribution in [0, 0.1) is 0 Å². The summed E-state index contributed by atoms with van der Waals surface area (Å²) < 4.78 is 28.6. The van der Waals surface area contributed by atoms with Crippen LogP contribution in [0.3, 0.4) is 0 Å². The van der Waals surface area contributed by atoms with Gasteiger partial charge in [-0.1, -0.05) is 103 Å². The predicted molar refractivity (Wildman–Crippen MR) is 173 cm³/mol. The van der Waals surface area contributed by atoms with Crippen LogP contribution < -0.4 is 14.4 Å². The molecule has 0 heterocycles. The van der Waals surface area contributed by atoms with Crippen molar-refractivity contribution in [3.8, 4) is 11.5 Å². The molecule has 1 aromatic rings. The van der Waals surface area contributed by atoms with Crippen molar-refractivity contribution in [1.29, 1.82) is 0 Å². The average Bonchev–Trinajstić information content (AvgIpc) is 2.96. The highest BCUT2D eigenvalue weighted by Gasteiger charge is 2.18. The molecule has 1 atom stereocenters. The van der Waals surface area contributed by atoms with Crippen molar-refractivity contribution in [2.75, 3.05) is 44.0 Å². The maximum atomic E-state index is 11.7. The summed E-state index contributed by atoms with van der Waals surface area (Å²) >= 11 is 0. The summed E-state index contributed by atoms with van der Waals surface area (Å²) in [4.78, 5) is 24.0. The van der Waals surface area contributed by atoms with E-state index in [1.807, 2.05) is 0 Å². The van der Waals surface area contributed by atoms with Gasteiger partial charge in [0.1, 0.15) is 24.6 Å². The Balaban J connectivity index is 2.41. The number of carbonyl (C=O) groups is 2. The van der Waals surface area contributed by atoms with Crippen LogP contribution >= 0.6 is 8.03 Å². The minimum atomic E-state index is -1.72. The van der Waals surface area contributed by atoms with Gasteiger partial charge < -0.3 is 24.6 Å². The Bertz CT molecular complexity index is 882. The van der Waals surface area contributed by atoms with E-state index in [1.165, 1.54) is 94.8 Å². The molecule has 246 valence electrons. The van der Waals surface area contributed by atoms with Gasteiger partial charge in [-0.15, -0.1) is 4.52 Å². The number of nitrogens with zero attached hydrogens (tertiary/aromatic N) is 1. The van der Waals surface area contributed by atoms with E-state index < -0.39 is 33.1 Å². The van der Waals surface area contributed by atoms with Crippen molar-refractivity contribution in [1.82, 2.24) is 0 Å². The molecule has 9 nitrogen and oxygen atoms in total. The Hall–Kier alpha value is -2.38. The molecule has 0 aromatic heterocycles. The molecular formula is C33H57NO8P+. The lowest BCUT2D eigenvalue weighted by Crippen LogP contribution is -2.34. The van der Waals surface area contributed by atoms with E-state index in [2.05, 4.69) is 6.92 Å². The van der Waals surface area contributed by atoms with Crippen LogP contribution in [0.25, 0.3) is 0 Å². The number of hydrogen-bond donors (Lipinski definition) is 2. The van der Waals surface area contributed by atoms with Gasteiger partial charge in [0.15, 0.2) is 6.16 Å². The highest BCUT2D eigenvalue weighted by atomic mass is 31.1. The van der Waals surface area contributed by atoms with Crippen LogP contribution in [0.15, 0.2) is 18.2 Å². The molecule has 0 fully saturated rings. The molecule has 0 saturated heterocycles. The molecule has 0 aliphatic rings. The van der Waals surface area contributed by atoms with E-state index in [0.29, 0.717) is 43.0 Å². The molecule has 43 heavy (non-hydrogen) atoms. The summed E-state index contributed by atoms with van der Waals surface area (Å²) in [6.45, 7) is 4.30. The third-order valence-electron chi connectivity index (χ3n) is 7.18. The van der Waals surface area contributed by atoms with Crippen molar-refractivity contribution in [3.05, 3.63) is 18.2 Å². The smallest absolute Gasteiger partial charge is 0.493 e. The molecule has 0 radical (unpaired) electrons. The molecule has 0 aliphatic carbocycles. The third kappa shape index (κ3) is 21.9. The first-order valence-electron chi connectivity index (χ1n) is 16.5. The Labute approximate surface area is 260 Å². The molecule has 0 aliphatic heterocycles. The van der Waals surface area contributed by atoms with Gasteiger partial charge in [0.25, 0.3) is 0 Å². The maximum Gasteiger partial charge on any atom is 0.508 e. The summed E-state index contributed by atoms with van der Waals surface area (Å²) in [5, 5.41) is 18.6. The molecular weight excluding hydrogens is 569 g/mol. The van der Waals surface area contributed by atoms with Gasteiger partial charge >= 0.3 is 20.0 Å². The minimum absolute atomic E-state index is 0.286. The van der Waals surface area contributed by atoms with Crippen LogP contribution in [0.1, 0.15) is 123 Å². The number of benzene rings is 1. The number of carboxylic acids is 2. The van der Waals surface area contributed by atoms with Gasteiger partial charge in [0.05, 0.1) is 19.8 Å². The number of aliphatic carboxylic acids is 2. The molecule has 1 unspecified atom stereocenters. The minimum Gasteiger partial charge on any atom is -0.493 e. The van der Waals surface area contributed by atoms with Gasteiger partial charge in [0, 0.05) is 30.3 Å². The molecule has 10 heteroatoms. The first-order chi connectivity index (χ1) is 20.8. The highest BCUT2D eigenvalue weighted by molar-refractivity contribution is 7.39. The van der Waals surface area contributed by atoms with Gasteiger partial charge in [0.2, 0.25) is 0 Å². The van der Waals surface area contributed by atoms with Crippen LogP contribution in [-0.2, 0) is 18.7 Å². The highest BCUT2D eigenvalue weighted by Crippen LogP contribution is 2.30. The van der Waals surface area contributed by atoms with Gasteiger partial charge in [-0.3, -0.25) is 9.59 Å². The normalized spacial score (nSPS) is 11.3. The summed E-state index contributed by atoms with van der Waals surface area (Å²) in [7, 11) is -1.72. The summed E-state index contributed by atoms with van der Waals surface area (Å²) in [6.07, 6.45) is 21.6. The summed E-state index contributed by atoms with van der Waals surface area (Å²) in [5.41, 5.74) is 0.393. The number of rotatable bonds is 30. The average molecular weight is 627 g/mol. The second-order valence-corrected chi connectivity index (χ2v) is 12.5. The fourth-order valence-corrected chi connectivity index (χ4v) is 5.71. The number of unbranched alkanes of at least 4 members (excludes halogenated alkanes) is 15. The summed E-state index contributed by atoms with van der Waals surface area (Å²) in [6, 6.07) is 4.98. The van der Waals surface area contributed by atoms with E-state index in [1.54, 1.807) is 25.1 Å². The SMILES string of the molecule is CCCCCCCCCCCCCCCCCCOc1cc(OCCC[P+](=O)OCC)cc(N(CC(=O)O)CC(=O)O)c1. The zero-order valence-electron chi connectivity index (χ0n) is 26.7. The fourth-order valence-electron chi connectivity index (χ4n) is 4.90. The summed E-state index contributed by atoms with van der Waals surface area (Å²) in [5.74, 6) is -1.34. The van der Waals surface area contributed by atoms with E-state index in [4.69, 9.17) is 14.0 Å². The lowest BCUT2D eigenvalue weighted by Gasteiger charge is -2.22. The second kappa shape index (κ2) is 26.1. The topological polar surface area (TPSA) is 123 Å². The van der Waals surface area contributed by atoms with Crippen molar-refractivity contribution >= 4 is 25.7 Å². The molecule has 2 N–H and O–H groups in total. The second-order valence-electron chi connectivity index (χ2n) is 11.1. The molecule has 0 spiro atoms. The lowest BCUT2D eigenvalue weighted by molar-refractivity contribution is -0.136. The number of hydrogen-bond acceptors (Lipinski definition) is 7. The van der Waals surface area contributed by atoms with Crippen molar-refractivity contribution < 1.29 is 38.4 Å². The third-order valence-corrected chi connectivity index (χ3v) is 8.40. The quantitative estimate of drug-likeness (QED) is 0.0637. The maximum absolute atomic E-state index is 11.7. The number of anilines is 1. The first-order valence-corrected chi connectivity index (χ1v) is 17.9. The lowest BCUT2D eigenvalue weighted by atomic mass is 10.0. The molecule has 1 aromatic carbocycles. The van der Waals surface area contributed by atoms with Gasteiger partial charge in [-0.2, -0.15) is 0 Å². The molecule has 1 rings (SSSR count). The van der Waals surface area contributed by atoms with Gasteiger partial charge in [-0.25, -0.2) is 0 Å². The van der Waals surface area contributed by atoms with E-state index in [9.17, 15) is 24.4 Å². The Kier molecular flexibility index (Phi) is 23.4. The van der Waals surface area contributed by atoms with Crippen LogP contribution in [-0.4, -0.2) is 61.2 Å². The van der Waals surface area contributed by atoms with Crippen molar-refractivity contribution in [2.24, 2.45) is 0 Å². The van der Waals surface area contributed by atoms with Crippen molar-refractivity contribution in [3.63, 3.8) is 0 Å². The molecule has 0 bridgehead atoms. The van der Waals surface area contributed by atoms with Crippen LogP contribution in [0.2, 0.25) is 0 Å². The fraction of sp³-hybridized carbons (Fsp3) is 0.758. The standard InChI is InChI=1S/C33H56NO8P/c1-3-5-6-7-8-9-10-11-12-13-14-15-16-17-18-19-21-40-30-24-29(34(27-32(35)36)28-33(37)38)25-31(26-30)41-22-20-23-43(39)42-4-2/h24-26H,3-23,27-28H2,1-2H3,(H-,35,36,37,38)/p+1. The number of carboxylic acid groups (broad SMARTS) is 2. The first kappa shape index (κ1) is 38.6. The largest absolute Gasteiger partial charge is 0.508 e. The van der Waals surface area contributed by atoms with Gasteiger partial charge in [-0.05, 0) is 17.9 Å². The van der Waals surface area contributed by atoms with E-state index in [-0.39, 0.29) is 6.61 Å². The van der Waals surface area contributed by atoms with E-state index in [0.717, 1.165) is 12.8 Å². The van der Waals surface area contributed by atoms with E-state index >= 15 is 0 Å². The van der Waals surface area contributed by atoms with Crippen molar-refractivity contribution in [2.45, 2.75) is 123 Å². The van der Waals surface area contributed by atoms with Crippen LogP contribution in [0.5, 0.6) is 11.5 Å².